The Bertz CT molecular complexity index is 1140. The van der Waals surface area contributed by atoms with Gasteiger partial charge in [-0.05, 0) is 36.2 Å². The molecule has 0 bridgehead atoms. The van der Waals surface area contributed by atoms with E-state index >= 15 is 0 Å². The highest BCUT2D eigenvalue weighted by Crippen LogP contribution is 2.30. The number of ether oxygens (including phenoxy) is 1. The Morgan fingerprint density at radius 1 is 1.03 bits per heavy atom. The minimum Gasteiger partial charge on any atom is -0.435 e. The number of H-pyrrole nitrogens is 1. The van der Waals surface area contributed by atoms with Gasteiger partial charge in [0.05, 0.1) is 16.7 Å². The summed E-state index contributed by atoms with van der Waals surface area (Å²) in [5.74, 6) is 1.66. The summed E-state index contributed by atoms with van der Waals surface area (Å²) in [6.07, 6.45) is 1.84. The largest absolute Gasteiger partial charge is 0.435 e. The molecule has 4 nitrogen and oxygen atoms in total. The zero-order valence-corrected chi connectivity index (χ0v) is 17.8. The van der Waals surface area contributed by atoms with Crippen molar-refractivity contribution in [2.24, 2.45) is 0 Å². The fourth-order valence-electron chi connectivity index (χ4n) is 2.94. The molecule has 2 aromatic carbocycles. The normalized spacial score (nSPS) is 11.3. The zero-order chi connectivity index (χ0) is 20.9. The number of alkyl halides is 2. The first-order chi connectivity index (χ1) is 14.6. The standard InChI is InChI=1S/C22H19F2N3OS2/c1-14-19(25-10-9-20(14)29-12-15-5-3-2-4-6-15)13-30-22-26-17-8-7-16(28-21(23)24)11-18(17)27-22/h2-11,21H,12-13H2,1H3,(H,26,27). The third kappa shape index (κ3) is 5.12. The number of pyridine rings is 1. The van der Waals surface area contributed by atoms with Gasteiger partial charge >= 0.3 is 6.61 Å². The van der Waals surface area contributed by atoms with Crippen LogP contribution in [0.4, 0.5) is 8.78 Å². The molecule has 0 unspecified atom stereocenters. The lowest BCUT2D eigenvalue weighted by molar-refractivity contribution is -0.0497. The first kappa shape index (κ1) is 20.7. The van der Waals surface area contributed by atoms with Crippen LogP contribution in [-0.2, 0) is 11.5 Å². The number of imidazole rings is 1. The van der Waals surface area contributed by atoms with Gasteiger partial charge in [0, 0.05) is 28.7 Å². The summed E-state index contributed by atoms with van der Waals surface area (Å²) >= 11 is 3.33. The summed E-state index contributed by atoms with van der Waals surface area (Å²) in [6, 6.07) is 17.1. The van der Waals surface area contributed by atoms with Crippen LogP contribution in [0, 0.1) is 6.92 Å². The molecule has 0 radical (unpaired) electrons. The Kier molecular flexibility index (Phi) is 6.54. The molecule has 8 heteroatoms. The second kappa shape index (κ2) is 9.49. The van der Waals surface area contributed by atoms with Crippen molar-refractivity contribution in [2.45, 2.75) is 35.1 Å². The van der Waals surface area contributed by atoms with Crippen LogP contribution < -0.4 is 4.74 Å². The fourth-order valence-corrected chi connectivity index (χ4v) is 4.86. The molecule has 0 fully saturated rings. The van der Waals surface area contributed by atoms with Crippen LogP contribution >= 0.6 is 23.5 Å². The zero-order valence-electron chi connectivity index (χ0n) is 16.1. The summed E-state index contributed by atoms with van der Waals surface area (Å²) in [6.45, 7) is -0.765. The molecule has 0 aliphatic heterocycles. The summed E-state index contributed by atoms with van der Waals surface area (Å²) < 4.78 is 29.2. The van der Waals surface area contributed by atoms with Gasteiger partial charge in [-0.1, -0.05) is 42.1 Å². The lowest BCUT2D eigenvalue weighted by atomic mass is 10.2. The number of benzene rings is 2. The summed E-state index contributed by atoms with van der Waals surface area (Å²) in [5.41, 5.74) is 4.81. The molecule has 2 aromatic heterocycles. The van der Waals surface area contributed by atoms with E-state index in [9.17, 15) is 8.78 Å². The SMILES string of the molecule is Cc1c(SCc2ccccc2)ccnc1CSc1nc2cc(OC(F)F)ccc2[nH]1. The van der Waals surface area contributed by atoms with Crippen LogP contribution in [0.15, 0.2) is 70.8 Å². The van der Waals surface area contributed by atoms with Crippen molar-refractivity contribution in [2.75, 3.05) is 0 Å². The molecule has 154 valence electrons. The van der Waals surface area contributed by atoms with E-state index in [-0.39, 0.29) is 5.75 Å². The molecule has 30 heavy (non-hydrogen) atoms. The second-order valence-electron chi connectivity index (χ2n) is 6.54. The minimum absolute atomic E-state index is 0.0983. The quantitative estimate of drug-likeness (QED) is 0.317. The highest BCUT2D eigenvalue weighted by atomic mass is 32.2. The first-order valence-electron chi connectivity index (χ1n) is 9.27. The molecule has 0 saturated carbocycles. The molecule has 0 aliphatic carbocycles. The average molecular weight is 444 g/mol. The molecule has 0 spiro atoms. The Morgan fingerprint density at radius 3 is 2.67 bits per heavy atom. The number of hydrogen-bond donors (Lipinski definition) is 1. The third-order valence-electron chi connectivity index (χ3n) is 4.50. The number of rotatable bonds is 8. The number of thioether (sulfide) groups is 2. The number of nitrogens with zero attached hydrogens (tertiary/aromatic N) is 2. The van der Waals surface area contributed by atoms with Gasteiger partial charge in [0.25, 0.3) is 0 Å². The van der Waals surface area contributed by atoms with Gasteiger partial charge in [-0.3, -0.25) is 4.98 Å². The molecule has 4 rings (SSSR count). The highest BCUT2D eigenvalue weighted by Gasteiger charge is 2.11. The van der Waals surface area contributed by atoms with E-state index < -0.39 is 6.61 Å². The fraction of sp³-hybridized carbons (Fsp3) is 0.182. The average Bonchev–Trinajstić information content (AvgIpc) is 3.14. The van der Waals surface area contributed by atoms with Crippen molar-refractivity contribution >= 4 is 34.6 Å². The van der Waals surface area contributed by atoms with Crippen LogP contribution in [0.3, 0.4) is 0 Å². The third-order valence-corrected chi connectivity index (χ3v) is 6.61. The smallest absolute Gasteiger partial charge is 0.387 e. The van der Waals surface area contributed by atoms with E-state index in [4.69, 9.17) is 0 Å². The van der Waals surface area contributed by atoms with Crippen LogP contribution in [0.5, 0.6) is 5.75 Å². The Balaban J connectivity index is 1.43. The first-order valence-corrected chi connectivity index (χ1v) is 11.2. The minimum atomic E-state index is -2.85. The van der Waals surface area contributed by atoms with Crippen LogP contribution in [0.25, 0.3) is 11.0 Å². The van der Waals surface area contributed by atoms with Gasteiger partial charge in [-0.25, -0.2) is 4.98 Å². The maximum Gasteiger partial charge on any atom is 0.387 e. The maximum absolute atomic E-state index is 12.4. The van der Waals surface area contributed by atoms with Gasteiger partial charge in [0.15, 0.2) is 5.16 Å². The van der Waals surface area contributed by atoms with E-state index in [0.717, 1.165) is 22.5 Å². The van der Waals surface area contributed by atoms with E-state index in [1.165, 1.54) is 34.4 Å². The van der Waals surface area contributed by atoms with Gasteiger partial charge < -0.3 is 9.72 Å². The molecule has 2 heterocycles. The number of halogens is 2. The van der Waals surface area contributed by atoms with Crippen molar-refractivity contribution in [3.63, 3.8) is 0 Å². The van der Waals surface area contributed by atoms with Crippen molar-refractivity contribution in [3.8, 4) is 5.75 Å². The molecular formula is C22H19F2N3OS2. The highest BCUT2D eigenvalue weighted by molar-refractivity contribution is 7.98. The van der Waals surface area contributed by atoms with E-state index in [1.54, 1.807) is 17.8 Å². The van der Waals surface area contributed by atoms with Crippen molar-refractivity contribution < 1.29 is 13.5 Å². The van der Waals surface area contributed by atoms with E-state index in [0.29, 0.717) is 16.4 Å². The monoisotopic (exact) mass is 443 g/mol. The van der Waals surface area contributed by atoms with Crippen LogP contribution in [-0.4, -0.2) is 21.6 Å². The molecule has 0 atom stereocenters. The van der Waals surface area contributed by atoms with Crippen molar-refractivity contribution in [1.82, 2.24) is 15.0 Å². The van der Waals surface area contributed by atoms with Gasteiger partial charge in [0.1, 0.15) is 5.75 Å². The number of hydrogen-bond acceptors (Lipinski definition) is 5. The van der Waals surface area contributed by atoms with Crippen LogP contribution in [0.1, 0.15) is 16.8 Å². The number of nitrogens with one attached hydrogen (secondary N) is 1. The lowest BCUT2D eigenvalue weighted by Crippen LogP contribution is -2.01. The van der Waals surface area contributed by atoms with Gasteiger partial charge in [-0.2, -0.15) is 8.78 Å². The number of fused-ring (bicyclic) bond motifs is 1. The van der Waals surface area contributed by atoms with Crippen LogP contribution in [0.2, 0.25) is 0 Å². The molecular weight excluding hydrogens is 424 g/mol. The Labute approximate surface area is 181 Å². The predicted molar refractivity (Wildman–Crippen MR) is 117 cm³/mol. The predicted octanol–water partition coefficient (Wildman–Crippen LogP) is 6.45. The molecule has 0 aliphatic rings. The Hall–Kier alpha value is -2.58. The summed E-state index contributed by atoms with van der Waals surface area (Å²) in [7, 11) is 0. The molecule has 0 saturated heterocycles. The van der Waals surface area contributed by atoms with Crippen molar-refractivity contribution in [1.29, 1.82) is 0 Å². The number of aromatic amines is 1. The molecule has 1 N–H and O–H groups in total. The Morgan fingerprint density at radius 2 is 1.87 bits per heavy atom. The summed E-state index contributed by atoms with van der Waals surface area (Å²) in [5, 5.41) is 0.711. The second-order valence-corrected chi connectivity index (χ2v) is 8.52. The lowest BCUT2D eigenvalue weighted by Gasteiger charge is -2.09. The topological polar surface area (TPSA) is 50.8 Å². The number of aromatic nitrogens is 3. The van der Waals surface area contributed by atoms with E-state index in [1.807, 2.05) is 30.5 Å². The van der Waals surface area contributed by atoms with Crippen molar-refractivity contribution in [3.05, 3.63) is 77.6 Å². The summed E-state index contributed by atoms with van der Waals surface area (Å²) in [4.78, 5) is 13.4. The van der Waals surface area contributed by atoms with Gasteiger partial charge in [0.2, 0.25) is 0 Å². The van der Waals surface area contributed by atoms with E-state index in [2.05, 4.69) is 38.7 Å². The maximum atomic E-state index is 12.4. The molecule has 4 aromatic rings. The van der Waals surface area contributed by atoms with Gasteiger partial charge in [-0.15, -0.1) is 11.8 Å². The molecule has 0 amide bonds.